The van der Waals surface area contributed by atoms with Gasteiger partial charge in [0.25, 0.3) is 0 Å². The minimum Gasteiger partial charge on any atom is -0.357 e. The third-order valence-corrected chi connectivity index (χ3v) is 4.49. The normalized spacial score (nSPS) is 17.7. The van der Waals surface area contributed by atoms with Crippen LogP contribution in [0.4, 0.5) is 4.39 Å². The van der Waals surface area contributed by atoms with E-state index in [1.165, 1.54) is 34.0 Å². The molecule has 1 unspecified atom stereocenters. The Morgan fingerprint density at radius 2 is 1.82 bits per heavy atom. The molecule has 112 valence electrons. The maximum Gasteiger partial charge on any atom is 0.123 e. The molecular weight excluding hydrogens is 275 g/mol. The van der Waals surface area contributed by atoms with Crippen LogP contribution in [0, 0.1) is 19.7 Å². The lowest BCUT2D eigenvalue weighted by Crippen LogP contribution is -2.30. The van der Waals surface area contributed by atoms with Crippen LogP contribution in [0.5, 0.6) is 0 Å². The zero-order chi connectivity index (χ0) is 15.3. The van der Waals surface area contributed by atoms with Crippen LogP contribution in [0.1, 0.15) is 34.0 Å². The fourth-order valence-corrected chi connectivity index (χ4v) is 3.66. The van der Waals surface area contributed by atoms with E-state index in [9.17, 15) is 4.39 Å². The third kappa shape index (κ3) is 2.13. The second-order valence-corrected chi connectivity index (χ2v) is 6.27. The standard InChI is InChI=1S/C19H19FN2/c1-11-7-12(2)9-13(8-11)18-19-15(5-6-21-18)16-10-14(20)3-4-17(16)22-19/h3-4,7-10,18,21-22H,5-6H2,1-2H3. The second-order valence-electron chi connectivity index (χ2n) is 6.27. The van der Waals surface area contributed by atoms with Crippen LogP contribution in [0.2, 0.25) is 0 Å². The lowest BCUT2D eigenvalue weighted by Gasteiger charge is -2.25. The predicted molar refractivity (Wildman–Crippen MR) is 87.7 cm³/mol. The van der Waals surface area contributed by atoms with Gasteiger partial charge in [0.2, 0.25) is 0 Å². The first-order valence-corrected chi connectivity index (χ1v) is 7.73. The summed E-state index contributed by atoms with van der Waals surface area (Å²) < 4.78 is 13.6. The molecule has 0 fully saturated rings. The van der Waals surface area contributed by atoms with Crippen LogP contribution in [0.3, 0.4) is 0 Å². The van der Waals surface area contributed by atoms with Crippen molar-refractivity contribution < 1.29 is 4.39 Å². The van der Waals surface area contributed by atoms with E-state index in [-0.39, 0.29) is 11.9 Å². The average molecular weight is 294 g/mol. The number of aryl methyl sites for hydroxylation is 2. The monoisotopic (exact) mass is 294 g/mol. The van der Waals surface area contributed by atoms with Gasteiger partial charge in [-0.3, -0.25) is 0 Å². The Kier molecular flexibility index (Phi) is 3.05. The van der Waals surface area contributed by atoms with Gasteiger partial charge in [0.05, 0.1) is 6.04 Å². The molecule has 3 heteroatoms. The Bertz CT molecular complexity index is 843. The van der Waals surface area contributed by atoms with E-state index in [1.807, 2.05) is 6.07 Å². The van der Waals surface area contributed by atoms with Crippen molar-refractivity contribution in [2.45, 2.75) is 26.3 Å². The van der Waals surface area contributed by atoms with Crippen molar-refractivity contribution in [2.24, 2.45) is 0 Å². The van der Waals surface area contributed by atoms with Crippen LogP contribution >= 0.6 is 0 Å². The summed E-state index contributed by atoms with van der Waals surface area (Å²) in [4.78, 5) is 3.50. The number of fused-ring (bicyclic) bond motifs is 3. The quantitative estimate of drug-likeness (QED) is 0.693. The Morgan fingerprint density at radius 1 is 1.05 bits per heavy atom. The van der Waals surface area contributed by atoms with E-state index >= 15 is 0 Å². The van der Waals surface area contributed by atoms with Gasteiger partial charge in [-0.25, -0.2) is 4.39 Å². The number of H-pyrrole nitrogens is 1. The van der Waals surface area contributed by atoms with Gasteiger partial charge >= 0.3 is 0 Å². The summed E-state index contributed by atoms with van der Waals surface area (Å²) in [6, 6.07) is 11.8. The molecule has 2 nitrogen and oxygen atoms in total. The van der Waals surface area contributed by atoms with E-state index in [0.717, 1.165) is 23.9 Å². The van der Waals surface area contributed by atoms with Gasteiger partial charge in [0.15, 0.2) is 0 Å². The summed E-state index contributed by atoms with van der Waals surface area (Å²) in [6.07, 6.45) is 0.931. The predicted octanol–water partition coefficient (Wildman–Crippen LogP) is 4.16. The highest BCUT2D eigenvalue weighted by molar-refractivity contribution is 5.85. The highest BCUT2D eigenvalue weighted by Crippen LogP contribution is 2.34. The van der Waals surface area contributed by atoms with Crippen molar-refractivity contribution in [1.29, 1.82) is 0 Å². The van der Waals surface area contributed by atoms with Gasteiger partial charge in [-0.05, 0) is 49.6 Å². The van der Waals surface area contributed by atoms with Crippen molar-refractivity contribution in [2.75, 3.05) is 6.54 Å². The number of nitrogens with one attached hydrogen (secondary N) is 2. The maximum atomic E-state index is 13.6. The molecule has 1 atom stereocenters. The highest BCUT2D eigenvalue weighted by Gasteiger charge is 2.25. The van der Waals surface area contributed by atoms with Crippen LogP contribution in [-0.4, -0.2) is 11.5 Å². The Labute approximate surface area is 129 Å². The second kappa shape index (κ2) is 4.96. The zero-order valence-corrected chi connectivity index (χ0v) is 12.8. The molecule has 1 aromatic heterocycles. The molecule has 0 saturated carbocycles. The number of rotatable bonds is 1. The Balaban J connectivity index is 1.90. The van der Waals surface area contributed by atoms with Crippen molar-refractivity contribution in [1.82, 2.24) is 10.3 Å². The van der Waals surface area contributed by atoms with E-state index in [2.05, 4.69) is 42.3 Å². The Morgan fingerprint density at radius 3 is 2.59 bits per heavy atom. The smallest absolute Gasteiger partial charge is 0.123 e. The van der Waals surface area contributed by atoms with Gasteiger partial charge in [-0.15, -0.1) is 0 Å². The summed E-state index contributed by atoms with van der Waals surface area (Å²) in [5, 5.41) is 4.62. The van der Waals surface area contributed by atoms with Crippen molar-refractivity contribution in [3.63, 3.8) is 0 Å². The number of aromatic amines is 1. The molecule has 4 rings (SSSR count). The van der Waals surface area contributed by atoms with Gasteiger partial charge in [0.1, 0.15) is 5.82 Å². The average Bonchev–Trinajstić information content (AvgIpc) is 2.84. The molecule has 1 aliphatic rings. The lowest BCUT2D eigenvalue weighted by atomic mass is 9.92. The van der Waals surface area contributed by atoms with Gasteiger partial charge in [-0.2, -0.15) is 0 Å². The summed E-state index contributed by atoms with van der Waals surface area (Å²) in [5.41, 5.74) is 7.25. The molecule has 0 radical (unpaired) electrons. The van der Waals surface area contributed by atoms with E-state index in [4.69, 9.17) is 0 Å². The third-order valence-electron chi connectivity index (χ3n) is 4.49. The van der Waals surface area contributed by atoms with Gasteiger partial charge < -0.3 is 10.3 Å². The van der Waals surface area contributed by atoms with Crippen LogP contribution in [0.25, 0.3) is 10.9 Å². The SMILES string of the molecule is Cc1cc(C)cc(C2NCCc3c2[nH]c2ccc(F)cc32)c1. The summed E-state index contributed by atoms with van der Waals surface area (Å²) in [5.74, 6) is -0.171. The van der Waals surface area contributed by atoms with Gasteiger partial charge in [0, 0.05) is 23.1 Å². The fourth-order valence-electron chi connectivity index (χ4n) is 3.66. The molecular formula is C19H19FN2. The van der Waals surface area contributed by atoms with Crippen molar-refractivity contribution >= 4 is 10.9 Å². The number of hydrogen-bond acceptors (Lipinski definition) is 1. The van der Waals surface area contributed by atoms with Crippen molar-refractivity contribution in [3.05, 3.63) is 70.2 Å². The molecule has 3 aromatic rings. The number of aromatic nitrogens is 1. The molecule has 2 aromatic carbocycles. The van der Waals surface area contributed by atoms with E-state index in [0.29, 0.717) is 0 Å². The first kappa shape index (κ1) is 13.5. The maximum absolute atomic E-state index is 13.6. The summed E-state index contributed by atoms with van der Waals surface area (Å²) in [7, 11) is 0. The molecule has 22 heavy (non-hydrogen) atoms. The van der Waals surface area contributed by atoms with Crippen LogP contribution in [-0.2, 0) is 6.42 Å². The number of benzene rings is 2. The van der Waals surface area contributed by atoms with E-state index in [1.54, 1.807) is 6.07 Å². The molecule has 0 amide bonds. The molecule has 0 saturated heterocycles. The molecule has 0 aliphatic carbocycles. The first-order valence-electron chi connectivity index (χ1n) is 7.73. The highest BCUT2D eigenvalue weighted by atomic mass is 19.1. The molecule has 1 aliphatic heterocycles. The summed E-state index contributed by atoms with van der Waals surface area (Å²) >= 11 is 0. The molecule has 2 N–H and O–H groups in total. The minimum atomic E-state index is -0.171. The van der Waals surface area contributed by atoms with E-state index < -0.39 is 0 Å². The molecule has 0 spiro atoms. The Hall–Kier alpha value is -2.13. The number of halogens is 1. The molecule has 2 heterocycles. The first-order chi connectivity index (χ1) is 10.6. The lowest BCUT2D eigenvalue weighted by molar-refractivity contribution is 0.560. The summed E-state index contributed by atoms with van der Waals surface area (Å²) in [6.45, 7) is 5.16. The topological polar surface area (TPSA) is 27.8 Å². The van der Waals surface area contributed by atoms with Crippen LogP contribution < -0.4 is 5.32 Å². The van der Waals surface area contributed by atoms with Crippen LogP contribution in [0.15, 0.2) is 36.4 Å². The minimum absolute atomic E-state index is 0.151. The zero-order valence-electron chi connectivity index (χ0n) is 12.8. The van der Waals surface area contributed by atoms with Crippen molar-refractivity contribution in [3.8, 4) is 0 Å². The number of hydrogen-bond donors (Lipinski definition) is 2. The fraction of sp³-hybridized carbons (Fsp3) is 0.263. The molecule has 0 bridgehead atoms. The van der Waals surface area contributed by atoms with Gasteiger partial charge in [-0.1, -0.05) is 29.3 Å². The largest absolute Gasteiger partial charge is 0.357 e.